The van der Waals surface area contributed by atoms with Gasteiger partial charge in [-0.15, -0.1) is 0 Å². The summed E-state index contributed by atoms with van der Waals surface area (Å²) in [5.41, 5.74) is 1.99. The van der Waals surface area contributed by atoms with E-state index in [0.717, 1.165) is 16.9 Å². The molecule has 0 aliphatic carbocycles. The van der Waals surface area contributed by atoms with Crippen LogP contribution in [0.15, 0.2) is 66.7 Å². The van der Waals surface area contributed by atoms with Crippen molar-refractivity contribution >= 4 is 18.1 Å². The van der Waals surface area contributed by atoms with Gasteiger partial charge in [0.05, 0.1) is 7.11 Å². The summed E-state index contributed by atoms with van der Waals surface area (Å²) >= 11 is 0. The smallest absolute Gasteiger partial charge is 0.331 e. The Bertz CT molecular complexity index is 640. The molecule has 2 rings (SSSR count). The quantitative estimate of drug-likeness (QED) is 0.597. The minimum Gasteiger partial charge on any atom is -0.497 e. The second-order valence-electron chi connectivity index (χ2n) is 4.55. The number of rotatable bonds is 6. The van der Waals surface area contributed by atoms with Crippen LogP contribution < -0.4 is 4.74 Å². The van der Waals surface area contributed by atoms with Crippen LogP contribution in [0, 0.1) is 0 Å². The number of hydrogen-bond acceptors (Lipinski definition) is 3. The van der Waals surface area contributed by atoms with E-state index in [1.165, 1.54) is 6.08 Å². The van der Waals surface area contributed by atoms with E-state index in [1.54, 1.807) is 13.2 Å². The van der Waals surface area contributed by atoms with Crippen LogP contribution in [0.2, 0.25) is 0 Å². The van der Waals surface area contributed by atoms with Crippen LogP contribution in [-0.4, -0.2) is 19.7 Å². The van der Waals surface area contributed by atoms with E-state index < -0.39 is 0 Å². The third-order valence-corrected chi connectivity index (χ3v) is 2.96. The second kappa shape index (κ2) is 8.47. The maximum absolute atomic E-state index is 11.6. The van der Waals surface area contributed by atoms with Crippen LogP contribution in [0.3, 0.4) is 0 Å². The highest BCUT2D eigenvalue weighted by Crippen LogP contribution is 2.12. The average molecular weight is 294 g/mol. The molecule has 0 atom stereocenters. The predicted molar refractivity (Wildman–Crippen MR) is 88.5 cm³/mol. The van der Waals surface area contributed by atoms with Crippen LogP contribution in [0.25, 0.3) is 12.2 Å². The number of hydrogen-bond donors (Lipinski definition) is 0. The largest absolute Gasteiger partial charge is 0.497 e. The molecule has 22 heavy (non-hydrogen) atoms. The van der Waals surface area contributed by atoms with Gasteiger partial charge in [-0.05, 0) is 35.4 Å². The van der Waals surface area contributed by atoms with Gasteiger partial charge in [-0.2, -0.15) is 0 Å². The zero-order valence-corrected chi connectivity index (χ0v) is 12.4. The Labute approximate surface area is 130 Å². The monoisotopic (exact) mass is 294 g/mol. The van der Waals surface area contributed by atoms with E-state index in [9.17, 15) is 4.79 Å². The molecule has 112 valence electrons. The summed E-state index contributed by atoms with van der Waals surface area (Å²) in [6.07, 6.45) is 6.86. The van der Waals surface area contributed by atoms with Crippen LogP contribution in [0.1, 0.15) is 11.1 Å². The predicted octanol–water partition coefficient (Wildman–Crippen LogP) is 3.97. The Hall–Kier alpha value is -2.81. The molecule has 3 nitrogen and oxygen atoms in total. The van der Waals surface area contributed by atoms with Gasteiger partial charge in [-0.25, -0.2) is 4.79 Å². The van der Waals surface area contributed by atoms with Crippen molar-refractivity contribution in [2.24, 2.45) is 0 Å². The molecule has 0 saturated carbocycles. The molecular weight excluding hydrogens is 276 g/mol. The number of benzene rings is 2. The highest BCUT2D eigenvalue weighted by molar-refractivity contribution is 5.87. The number of ether oxygens (including phenoxy) is 2. The summed E-state index contributed by atoms with van der Waals surface area (Å²) in [6.45, 7) is 0.251. The fourth-order valence-corrected chi connectivity index (χ4v) is 1.81. The summed E-state index contributed by atoms with van der Waals surface area (Å²) in [5.74, 6) is 0.416. The van der Waals surface area contributed by atoms with Crippen molar-refractivity contribution < 1.29 is 14.3 Å². The first kappa shape index (κ1) is 15.6. The second-order valence-corrected chi connectivity index (χ2v) is 4.55. The molecule has 2 aromatic carbocycles. The van der Waals surface area contributed by atoms with Crippen LogP contribution in [0.4, 0.5) is 0 Å². The Morgan fingerprint density at radius 1 is 0.955 bits per heavy atom. The molecule has 0 bridgehead atoms. The van der Waals surface area contributed by atoms with Crippen molar-refractivity contribution in [3.63, 3.8) is 0 Å². The van der Waals surface area contributed by atoms with Crippen LogP contribution in [-0.2, 0) is 9.53 Å². The van der Waals surface area contributed by atoms with Gasteiger partial charge < -0.3 is 9.47 Å². The Morgan fingerprint density at radius 3 is 2.32 bits per heavy atom. The summed E-state index contributed by atoms with van der Waals surface area (Å²) in [6, 6.07) is 17.3. The molecule has 0 unspecified atom stereocenters. The molecule has 2 aromatic rings. The van der Waals surface area contributed by atoms with Crippen molar-refractivity contribution in [1.29, 1.82) is 0 Å². The van der Waals surface area contributed by atoms with E-state index in [0.29, 0.717) is 0 Å². The Kier molecular flexibility index (Phi) is 6.00. The molecule has 0 amide bonds. The third-order valence-electron chi connectivity index (χ3n) is 2.96. The summed E-state index contributed by atoms with van der Waals surface area (Å²) in [7, 11) is 1.62. The standard InChI is InChI=1S/C19H18O3/c1-21-18-12-9-17(10-13-18)11-14-19(20)22-15-5-8-16-6-3-2-4-7-16/h2-14H,15H2,1H3. The zero-order valence-electron chi connectivity index (χ0n) is 12.4. The Morgan fingerprint density at radius 2 is 1.64 bits per heavy atom. The fraction of sp³-hybridized carbons (Fsp3) is 0.105. The van der Waals surface area contributed by atoms with Gasteiger partial charge in [0.25, 0.3) is 0 Å². The van der Waals surface area contributed by atoms with Gasteiger partial charge >= 0.3 is 5.97 Å². The average Bonchev–Trinajstić information content (AvgIpc) is 2.58. The summed E-state index contributed by atoms with van der Waals surface area (Å²) in [5, 5.41) is 0. The minimum atomic E-state index is -0.367. The number of methoxy groups -OCH3 is 1. The first-order valence-corrected chi connectivity index (χ1v) is 6.98. The molecule has 0 fully saturated rings. The van der Waals surface area contributed by atoms with Crippen molar-refractivity contribution in [1.82, 2.24) is 0 Å². The van der Waals surface area contributed by atoms with E-state index >= 15 is 0 Å². The maximum Gasteiger partial charge on any atom is 0.331 e. The number of carbonyl (C=O) groups is 1. The van der Waals surface area contributed by atoms with E-state index in [1.807, 2.05) is 66.7 Å². The lowest BCUT2D eigenvalue weighted by Gasteiger charge is -1.99. The molecule has 0 aliphatic rings. The van der Waals surface area contributed by atoms with Crippen LogP contribution in [0.5, 0.6) is 5.75 Å². The molecule has 0 spiro atoms. The highest BCUT2D eigenvalue weighted by atomic mass is 16.5. The van der Waals surface area contributed by atoms with Crippen LogP contribution >= 0.6 is 0 Å². The van der Waals surface area contributed by atoms with Gasteiger partial charge in [0.2, 0.25) is 0 Å². The van der Waals surface area contributed by atoms with Crippen molar-refractivity contribution in [3.05, 3.63) is 77.9 Å². The van der Waals surface area contributed by atoms with E-state index in [-0.39, 0.29) is 12.6 Å². The van der Waals surface area contributed by atoms with E-state index in [4.69, 9.17) is 9.47 Å². The lowest BCUT2D eigenvalue weighted by Crippen LogP contribution is -1.99. The van der Waals surface area contributed by atoms with Gasteiger partial charge in [0, 0.05) is 6.08 Å². The number of esters is 1. The third kappa shape index (κ3) is 5.29. The summed E-state index contributed by atoms with van der Waals surface area (Å²) in [4.78, 5) is 11.6. The normalized spacial score (nSPS) is 11.0. The maximum atomic E-state index is 11.6. The molecular formula is C19H18O3. The topological polar surface area (TPSA) is 35.5 Å². The van der Waals surface area contributed by atoms with E-state index in [2.05, 4.69) is 0 Å². The molecule has 0 aliphatic heterocycles. The first-order chi connectivity index (χ1) is 10.8. The van der Waals surface area contributed by atoms with Crippen molar-refractivity contribution in [3.8, 4) is 5.75 Å². The molecule has 0 radical (unpaired) electrons. The van der Waals surface area contributed by atoms with Crippen molar-refractivity contribution in [2.75, 3.05) is 13.7 Å². The molecule has 3 heteroatoms. The van der Waals surface area contributed by atoms with Gasteiger partial charge in [0.15, 0.2) is 0 Å². The minimum absolute atomic E-state index is 0.251. The van der Waals surface area contributed by atoms with Gasteiger partial charge in [0.1, 0.15) is 12.4 Å². The molecule has 0 saturated heterocycles. The summed E-state index contributed by atoms with van der Waals surface area (Å²) < 4.78 is 10.2. The molecule has 0 N–H and O–H groups in total. The zero-order chi connectivity index (χ0) is 15.6. The first-order valence-electron chi connectivity index (χ1n) is 6.98. The van der Waals surface area contributed by atoms with Gasteiger partial charge in [-0.3, -0.25) is 0 Å². The highest BCUT2D eigenvalue weighted by Gasteiger charge is 1.95. The molecule has 0 aromatic heterocycles. The lowest BCUT2D eigenvalue weighted by atomic mass is 10.2. The number of carbonyl (C=O) groups excluding carboxylic acids is 1. The van der Waals surface area contributed by atoms with Crippen molar-refractivity contribution in [2.45, 2.75) is 0 Å². The molecule has 0 heterocycles. The fourth-order valence-electron chi connectivity index (χ4n) is 1.81. The Balaban J connectivity index is 1.77. The SMILES string of the molecule is COc1ccc(C=CC(=O)OCC=Cc2ccccc2)cc1. The van der Waals surface area contributed by atoms with Gasteiger partial charge in [-0.1, -0.05) is 48.5 Å². The lowest BCUT2D eigenvalue weighted by molar-refractivity contribution is -0.136.